The van der Waals surface area contributed by atoms with Gasteiger partial charge in [-0.3, -0.25) is 4.79 Å². The second kappa shape index (κ2) is 6.90. The zero-order valence-electron chi connectivity index (χ0n) is 19.9. The Bertz CT molecular complexity index is 1280. The van der Waals surface area contributed by atoms with Crippen molar-refractivity contribution in [2.24, 2.45) is 29.6 Å². The Balaban J connectivity index is 1.35. The molecule has 0 saturated heterocycles. The maximum absolute atomic E-state index is 12.2. The lowest BCUT2D eigenvalue weighted by atomic mass is 9.65. The predicted octanol–water partition coefficient (Wildman–Crippen LogP) is 6.47. The van der Waals surface area contributed by atoms with Gasteiger partial charge in [0.15, 0.2) is 5.78 Å². The zero-order valence-corrected chi connectivity index (χ0v) is 19.9. The van der Waals surface area contributed by atoms with E-state index in [0.717, 1.165) is 5.56 Å². The van der Waals surface area contributed by atoms with E-state index in [-0.39, 0.29) is 11.2 Å². The van der Waals surface area contributed by atoms with E-state index < -0.39 is 0 Å². The number of fused-ring (bicyclic) bond motifs is 11. The van der Waals surface area contributed by atoms with Crippen molar-refractivity contribution >= 4 is 5.78 Å². The van der Waals surface area contributed by atoms with Crippen LogP contribution in [0.1, 0.15) is 78.5 Å². The Labute approximate surface area is 206 Å². The van der Waals surface area contributed by atoms with Gasteiger partial charge >= 0.3 is 0 Å². The Morgan fingerprint density at radius 1 is 0.714 bits per heavy atom. The molecule has 2 aromatic carbocycles. The van der Waals surface area contributed by atoms with Gasteiger partial charge in [0.25, 0.3) is 0 Å². The molecular formula is C32H32O3. The summed E-state index contributed by atoms with van der Waals surface area (Å²) in [5.74, 6) is 5.38. The minimum atomic E-state index is -0.348. The molecule has 8 atom stereocenters. The quantitative estimate of drug-likeness (QED) is 0.501. The van der Waals surface area contributed by atoms with Gasteiger partial charge in [0.1, 0.15) is 11.5 Å². The van der Waals surface area contributed by atoms with Crippen LogP contribution in [-0.2, 0) is 10.2 Å². The molecule has 4 bridgehead atoms. The van der Waals surface area contributed by atoms with E-state index in [1.807, 2.05) is 18.2 Å². The first-order valence-corrected chi connectivity index (χ1v) is 13.6. The summed E-state index contributed by atoms with van der Waals surface area (Å²) in [6.45, 7) is 0. The van der Waals surface area contributed by atoms with Crippen LogP contribution in [0.2, 0.25) is 0 Å². The lowest BCUT2D eigenvalue weighted by Crippen LogP contribution is -2.34. The molecule has 3 nitrogen and oxygen atoms in total. The molecule has 8 rings (SSSR count). The van der Waals surface area contributed by atoms with Gasteiger partial charge < -0.3 is 10.2 Å². The van der Waals surface area contributed by atoms with Crippen LogP contribution in [0.25, 0.3) is 0 Å². The van der Waals surface area contributed by atoms with Crippen LogP contribution in [0, 0.1) is 29.6 Å². The standard InChI is InChI=1S/C32H32O3/c33-22-7-5-17(6-8-22)26-18-1-2-19(15-18)27(26)24-9-10-25(35)31-29(24)28-20-3-4-21(16-20)30(28)32(31)13-11-23(34)12-14-32/h5-14,18-21,26-28,30,33,35H,1-4,15-16H2/t18-,19+,20+,21-,26+,27+,28+,30+/m1/s1. The number of hydrogen-bond donors (Lipinski definition) is 2. The van der Waals surface area contributed by atoms with E-state index >= 15 is 0 Å². The number of phenolic OH excluding ortho intramolecular Hbond substituents is 2. The van der Waals surface area contributed by atoms with Gasteiger partial charge in [-0.05, 0) is 133 Å². The third kappa shape index (κ3) is 2.54. The maximum atomic E-state index is 12.2. The summed E-state index contributed by atoms with van der Waals surface area (Å²) in [4.78, 5) is 12.2. The summed E-state index contributed by atoms with van der Waals surface area (Å²) in [6, 6.07) is 12.2. The molecule has 3 heteroatoms. The molecule has 1 spiro atoms. The Hall–Kier alpha value is -2.81. The van der Waals surface area contributed by atoms with E-state index in [1.165, 1.54) is 55.2 Å². The third-order valence-electron chi connectivity index (χ3n) is 11.1. The second-order valence-electron chi connectivity index (χ2n) is 12.3. The van der Waals surface area contributed by atoms with Gasteiger partial charge in [0.05, 0.1) is 0 Å². The molecule has 0 heterocycles. The molecule has 6 aliphatic carbocycles. The summed E-state index contributed by atoms with van der Waals surface area (Å²) in [6.07, 6.45) is 15.5. The van der Waals surface area contributed by atoms with Gasteiger partial charge in [-0.2, -0.15) is 0 Å². The summed E-state index contributed by atoms with van der Waals surface area (Å²) in [7, 11) is 0. The smallest absolute Gasteiger partial charge is 0.178 e. The molecule has 178 valence electrons. The minimum Gasteiger partial charge on any atom is -0.508 e. The van der Waals surface area contributed by atoms with Gasteiger partial charge in [0.2, 0.25) is 0 Å². The highest BCUT2D eigenvalue weighted by Crippen LogP contribution is 2.72. The molecule has 0 amide bonds. The van der Waals surface area contributed by atoms with Crippen LogP contribution >= 0.6 is 0 Å². The molecule has 0 aliphatic heterocycles. The number of phenols is 2. The number of aromatic hydroxyl groups is 2. The molecule has 6 aliphatic rings. The van der Waals surface area contributed by atoms with Gasteiger partial charge in [0, 0.05) is 11.0 Å². The average Bonchev–Trinajstić information content (AvgIpc) is 3.68. The van der Waals surface area contributed by atoms with E-state index in [1.54, 1.807) is 12.2 Å². The first-order chi connectivity index (χ1) is 17.0. The monoisotopic (exact) mass is 464 g/mol. The third-order valence-corrected chi connectivity index (χ3v) is 11.1. The molecule has 0 aromatic heterocycles. The molecule has 0 radical (unpaired) electrons. The van der Waals surface area contributed by atoms with Crippen LogP contribution in [0.4, 0.5) is 0 Å². The first-order valence-electron chi connectivity index (χ1n) is 13.6. The number of allylic oxidation sites excluding steroid dienone is 4. The van der Waals surface area contributed by atoms with Gasteiger partial charge in [-0.15, -0.1) is 0 Å². The highest BCUT2D eigenvalue weighted by molar-refractivity contribution is 6.01. The fraction of sp³-hybridized carbons (Fsp3) is 0.469. The topological polar surface area (TPSA) is 57.5 Å². The van der Waals surface area contributed by atoms with Gasteiger partial charge in [-0.1, -0.05) is 30.4 Å². The van der Waals surface area contributed by atoms with Crippen molar-refractivity contribution in [3.8, 4) is 11.5 Å². The normalized spacial score (nSPS) is 39.0. The second-order valence-corrected chi connectivity index (χ2v) is 12.3. The highest BCUT2D eigenvalue weighted by Gasteiger charge is 2.63. The Morgan fingerprint density at radius 2 is 1.34 bits per heavy atom. The molecule has 35 heavy (non-hydrogen) atoms. The predicted molar refractivity (Wildman–Crippen MR) is 135 cm³/mol. The molecule has 2 N–H and O–H groups in total. The SMILES string of the molecule is O=C1C=CC2(C=C1)c1c(O)ccc([C@@H]3[C@H]4CC[C@H](C4)[C@@H]3c3ccc(O)cc3)c1[C@@H]1[C@H]3CC[C@H](C3)[C@@H]12. The van der Waals surface area contributed by atoms with E-state index in [4.69, 9.17) is 0 Å². The summed E-state index contributed by atoms with van der Waals surface area (Å²) < 4.78 is 0. The lowest BCUT2D eigenvalue weighted by molar-refractivity contribution is -0.110. The van der Waals surface area contributed by atoms with Crippen molar-refractivity contribution in [2.45, 2.75) is 61.7 Å². The van der Waals surface area contributed by atoms with Crippen molar-refractivity contribution in [1.29, 1.82) is 0 Å². The molecule has 2 aromatic rings. The maximum Gasteiger partial charge on any atom is 0.178 e. The summed E-state index contributed by atoms with van der Waals surface area (Å²) in [5, 5.41) is 21.3. The largest absolute Gasteiger partial charge is 0.508 e. The van der Waals surface area contributed by atoms with E-state index in [9.17, 15) is 15.0 Å². The average molecular weight is 465 g/mol. The Morgan fingerprint density at radius 3 is 2.09 bits per heavy atom. The molecule has 0 unspecified atom stereocenters. The first kappa shape index (κ1) is 20.4. The number of hydrogen-bond acceptors (Lipinski definition) is 3. The van der Waals surface area contributed by atoms with Crippen LogP contribution in [0.15, 0.2) is 60.7 Å². The number of ketones is 1. The van der Waals surface area contributed by atoms with E-state index in [0.29, 0.717) is 58.8 Å². The number of carbonyl (C=O) groups is 1. The van der Waals surface area contributed by atoms with Crippen molar-refractivity contribution in [2.75, 3.05) is 0 Å². The van der Waals surface area contributed by atoms with Crippen molar-refractivity contribution < 1.29 is 15.0 Å². The summed E-state index contributed by atoms with van der Waals surface area (Å²) >= 11 is 0. The minimum absolute atomic E-state index is 0.0555. The molecule has 4 fully saturated rings. The Kier molecular flexibility index (Phi) is 4.02. The van der Waals surface area contributed by atoms with E-state index in [2.05, 4.69) is 30.4 Å². The molecule has 4 saturated carbocycles. The lowest BCUT2D eigenvalue weighted by Gasteiger charge is -2.37. The fourth-order valence-corrected chi connectivity index (χ4v) is 10.1. The van der Waals surface area contributed by atoms with Crippen LogP contribution in [-0.4, -0.2) is 16.0 Å². The van der Waals surface area contributed by atoms with Crippen LogP contribution in [0.3, 0.4) is 0 Å². The number of benzene rings is 2. The van der Waals surface area contributed by atoms with Crippen LogP contribution < -0.4 is 0 Å². The van der Waals surface area contributed by atoms with Crippen LogP contribution in [0.5, 0.6) is 11.5 Å². The van der Waals surface area contributed by atoms with Crippen molar-refractivity contribution in [3.63, 3.8) is 0 Å². The number of rotatable bonds is 2. The van der Waals surface area contributed by atoms with Crippen molar-refractivity contribution in [1.82, 2.24) is 0 Å². The molecular weight excluding hydrogens is 432 g/mol. The zero-order chi connectivity index (χ0) is 23.5. The highest BCUT2D eigenvalue weighted by atomic mass is 16.3. The number of carbonyl (C=O) groups excluding carboxylic acids is 1. The summed E-state index contributed by atoms with van der Waals surface area (Å²) in [5.41, 5.74) is 5.02. The fourth-order valence-electron chi connectivity index (χ4n) is 10.1. The van der Waals surface area contributed by atoms with Crippen molar-refractivity contribution in [3.05, 3.63) is 83.0 Å². The van der Waals surface area contributed by atoms with Gasteiger partial charge in [-0.25, -0.2) is 0 Å².